The minimum atomic E-state index is 0. The summed E-state index contributed by atoms with van der Waals surface area (Å²) in [6.07, 6.45) is 5.87. The molecule has 0 radical (unpaired) electrons. The molecule has 0 aromatic carbocycles. The highest BCUT2D eigenvalue weighted by atomic mass is 35.5. The Labute approximate surface area is 106 Å². The summed E-state index contributed by atoms with van der Waals surface area (Å²) >= 11 is 0. The Balaban J connectivity index is 0.00000108. The zero-order valence-electron chi connectivity index (χ0n) is 9.34. The van der Waals surface area contributed by atoms with Crippen molar-refractivity contribution in [3.8, 4) is 0 Å². The summed E-state index contributed by atoms with van der Waals surface area (Å²) in [6, 6.07) is 4.07. The number of carbonyl (C=O) groups excluding carboxylic acids is 1. The fraction of sp³-hybridized carbons (Fsp3) is 0.455. The molecule has 2 fully saturated rings. The fourth-order valence-electron chi connectivity index (χ4n) is 2.60. The van der Waals surface area contributed by atoms with Gasteiger partial charge < -0.3 is 12.4 Å². The van der Waals surface area contributed by atoms with Crippen LogP contribution in [-0.4, -0.2) is 28.4 Å². The highest BCUT2D eigenvalue weighted by Crippen LogP contribution is 2.26. The lowest BCUT2D eigenvalue weighted by atomic mass is 10.1. The van der Waals surface area contributed by atoms with Gasteiger partial charge in [-0.05, 0) is 25.0 Å². The van der Waals surface area contributed by atoms with Crippen LogP contribution in [0, 0.1) is 0 Å². The van der Waals surface area contributed by atoms with Crippen molar-refractivity contribution in [1.82, 2.24) is 15.3 Å². The van der Waals surface area contributed by atoms with E-state index >= 15 is 0 Å². The zero-order valence-corrected chi connectivity index (χ0v) is 10.1. The van der Waals surface area contributed by atoms with E-state index in [9.17, 15) is 4.79 Å². The third-order valence-electron chi connectivity index (χ3n) is 3.39. The molecule has 5 nitrogen and oxygen atoms in total. The van der Waals surface area contributed by atoms with Crippen LogP contribution in [0.4, 0.5) is 0 Å². The van der Waals surface area contributed by atoms with Gasteiger partial charge in [0.2, 0.25) is 0 Å². The molecule has 1 amide bonds. The molecule has 3 heterocycles. The van der Waals surface area contributed by atoms with Crippen molar-refractivity contribution in [2.24, 2.45) is 0 Å². The van der Waals surface area contributed by atoms with Crippen LogP contribution in [0.1, 0.15) is 24.6 Å². The Bertz CT molecular complexity index is 400. The first-order valence-corrected chi connectivity index (χ1v) is 5.65. The maximum Gasteiger partial charge on any atom is 0.282 e. The van der Waals surface area contributed by atoms with E-state index in [1.54, 1.807) is 12.4 Å². The van der Waals surface area contributed by atoms with Crippen molar-refractivity contribution in [1.29, 1.82) is 0 Å². The maximum atomic E-state index is 11.7. The third-order valence-corrected chi connectivity index (χ3v) is 3.39. The molecule has 3 rings (SSSR count). The van der Waals surface area contributed by atoms with E-state index in [0.717, 1.165) is 19.4 Å². The number of rotatable bonds is 1. The second-order valence-corrected chi connectivity index (χ2v) is 4.30. The van der Waals surface area contributed by atoms with Gasteiger partial charge >= 0.3 is 0 Å². The Morgan fingerprint density at radius 2 is 2.18 bits per heavy atom. The number of amides is 1. The summed E-state index contributed by atoms with van der Waals surface area (Å²) in [5.41, 5.74) is 5.96. The van der Waals surface area contributed by atoms with E-state index in [1.165, 1.54) is 5.56 Å². The lowest BCUT2D eigenvalue weighted by Crippen LogP contribution is -3.01. The van der Waals surface area contributed by atoms with Crippen molar-refractivity contribution in [2.75, 3.05) is 6.54 Å². The lowest BCUT2D eigenvalue weighted by Gasteiger charge is -2.34. The number of hydrogen-bond donors (Lipinski definition) is 2. The summed E-state index contributed by atoms with van der Waals surface area (Å²) in [4.78, 5) is 17.9. The molecule has 2 aliphatic heterocycles. The maximum absolute atomic E-state index is 11.7. The predicted molar refractivity (Wildman–Crippen MR) is 56.8 cm³/mol. The number of quaternary nitrogens is 1. The number of nitrogens with two attached hydrogens (primary N) is 1. The van der Waals surface area contributed by atoms with Crippen LogP contribution >= 0.6 is 0 Å². The molecule has 0 aliphatic carbocycles. The van der Waals surface area contributed by atoms with Crippen LogP contribution in [0.2, 0.25) is 0 Å². The van der Waals surface area contributed by atoms with E-state index in [0.29, 0.717) is 0 Å². The highest BCUT2D eigenvalue weighted by Gasteiger charge is 2.42. The minimum absolute atomic E-state index is 0. The normalized spacial score (nSPS) is 28.1. The second-order valence-electron chi connectivity index (χ2n) is 4.30. The molecule has 3 N–H and O–H groups in total. The van der Waals surface area contributed by atoms with E-state index < -0.39 is 0 Å². The summed E-state index contributed by atoms with van der Waals surface area (Å²) < 4.78 is 0. The van der Waals surface area contributed by atoms with Crippen molar-refractivity contribution < 1.29 is 22.6 Å². The van der Waals surface area contributed by atoms with Gasteiger partial charge in [0.1, 0.15) is 0 Å². The van der Waals surface area contributed by atoms with Crippen molar-refractivity contribution in [2.45, 2.75) is 25.0 Å². The monoisotopic (exact) mass is 254 g/mol. The van der Waals surface area contributed by atoms with Gasteiger partial charge in [-0.1, -0.05) is 0 Å². The molecule has 2 atom stereocenters. The Kier molecular flexibility index (Phi) is 3.61. The standard InChI is InChI=1S/C11H14N4O.ClH/c16-11-9-2-1-7-15(9)10(13-14-11)8-3-5-12-6-4-8;/h3-6,9-10,13H,1-2,7H2,(H,14,16);1H. The van der Waals surface area contributed by atoms with Crippen LogP contribution < -0.4 is 23.3 Å². The molecule has 6 heteroatoms. The average molecular weight is 255 g/mol. The minimum Gasteiger partial charge on any atom is -1.00 e. The number of nitrogens with zero attached hydrogens (tertiary/aromatic N) is 2. The largest absolute Gasteiger partial charge is 1.00 e. The van der Waals surface area contributed by atoms with Gasteiger partial charge in [0, 0.05) is 24.5 Å². The highest BCUT2D eigenvalue weighted by molar-refractivity contribution is 5.81. The Morgan fingerprint density at radius 1 is 1.41 bits per heavy atom. The van der Waals surface area contributed by atoms with Gasteiger partial charge in [-0.3, -0.25) is 9.78 Å². The van der Waals surface area contributed by atoms with Gasteiger partial charge in [0.05, 0.1) is 6.04 Å². The van der Waals surface area contributed by atoms with Gasteiger partial charge in [0.15, 0.2) is 6.17 Å². The van der Waals surface area contributed by atoms with Gasteiger partial charge in [-0.25, -0.2) is 15.8 Å². The third kappa shape index (κ3) is 2.13. The summed E-state index contributed by atoms with van der Waals surface area (Å²) in [7, 11) is 0. The molecule has 92 valence electrons. The molecular weight excluding hydrogens is 240 g/mol. The quantitative estimate of drug-likeness (QED) is 0.399. The molecule has 17 heavy (non-hydrogen) atoms. The molecule has 0 spiro atoms. The number of halogens is 1. The Hall–Kier alpha value is -1.17. The smallest absolute Gasteiger partial charge is 0.282 e. The van der Waals surface area contributed by atoms with E-state index in [4.69, 9.17) is 0 Å². The van der Waals surface area contributed by atoms with Crippen LogP contribution in [0.5, 0.6) is 0 Å². The number of hydrogen-bond acceptors (Lipinski definition) is 3. The Morgan fingerprint density at radius 3 is 2.94 bits per heavy atom. The first-order chi connectivity index (χ1) is 7.86. The number of aromatic nitrogens is 1. The first-order valence-electron chi connectivity index (χ1n) is 5.65. The summed E-state index contributed by atoms with van der Waals surface area (Å²) in [6.45, 7) is 1.00. The first kappa shape index (κ1) is 12.3. The number of carbonyl (C=O) groups is 1. The van der Waals surface area contributed by atoms with Crippen molar-refractivity contribution in [3.63, 3.8) is 0 Å². The van der Waals surface area contributed by atoms with E-state index in [-0.39, 0.29) is 30.5 Å². The summed E-state index contributed by atoms with van der Waals surface area (Å²) in [5, 5.41) is 0. The predicted octanol–water partition coefficient (Wildman–Crippen LogP) is -3.84. The van der Waals surface area contributed by atoms with Crippen LogP contribution in [0.25, 0.3) is 0 Å². The molecule has 2 aliphatic rings. The van der Waals surface area contributed by atoms with E-state index in [2.05, 4.69) is 15.3 Å². The van der Waals surface area contributed by atoms with Gasteiger partial charge in [-0.15, -0.1) is 0 Å². The number of pyridine rings is 1. The molecular formula is C11H15ClN4O. The summed E-state index contributed by atoms with van der Waals surface area (Å²) in [5.74, 6) is 0.141. The topological polar surface area (TPSA) is 61.8 Å². The van der Waals surface area contributed by atoms with Gasteiger partial charge in [-0.2, -0.15) is 0 Å². The molecule has 1 aromatic heterocycles. The second kappa shape index (κ2) is 5.00. The zero-order chi connectivity index (χ0) is 11.0. The molecule has 0 bridgehead atoms. The van der Waals surface area contributed by atoms with E-state index in [1.807, 2.05) is 17.6 Å². The fourth-order valence-corrected chi connectivity index (χ4v) is 2.60. The van der Waals surface area contributed by atoms with Crippen LogP contribution in [0.15, 0.2) is 24.5 Å². The number of fused-ring (bicyclic) bond motifs is 1. The van der Waals surface area contributed by atoms with Gasteiger partial charge in [0.25, 0.3) is 5.91 Å². The van der Waals surface area contributed by atoms with Crippen LogP contribution in [-0.2, 0) is 4.79 Å². The number of nitrogens with one attached hydrogen (secondary N) is 1. The molecule has 2 unspecified atom stereocenters. The molecule has 0 saturated carbocycles. The molecule has 1 aromatic rings. The molecule has 2 saturated heterocycles. The van der Waals surface area contributed by atoms with Crippen molar-refractivity contribution >= 4 is 5.91 Å². The average Bonchev–Trinajstić information content (AvgIpc) is 2.81. The van der Waals surface area contributed by atoms with Crippen LogP contribution in [0.3, 0.4) is 0 Å². The SMILES string of the molecule is O=C1N[NH2+]C(c2ccncc2)N2CCCC12.[Cl-]. The lowest BCUT2D eigenvalue weighted by molar-refractivity contribution is -0.763. The van der Waals surface area contributed by atoms with Crippen molar-refractivity contribution in [3.05, 3.63) is 30.1 Å².